The summed E-state index contributed by atoms with van der Waals surface area (Å²) in [7, 11) is 0. The molecule has 7 nitrogen and oxygen atoms in total. The van der Waals surface area contributed by atoms with E-state index in [1.165, 1.54) is 11.3 Å². The number of amides is 3. The average Bonchev–Trinajstić information content (AvgIpc) is 3.05. The lowest BCUT2D eigenvalue weighted by Crippen LogP contribution is -2.42. The van der Waals surface area contributed by atoms with E-state index >= 15 is 0 Å². The molecule has 0 aliphatic heterocycles. The number of carbonyl (C=O) groups excluding carboxylic acids is 2. The highest BCUT2D eigenvalue weighted by atomic mass is 32.2. The van der Waals surface area contributed by atoms with Crippen molar-refractivity contribution in [3.8, 4) is 10.8 Å². The van der Waals surface area contributed by atoms with Crippen LogP contribution in [0.3, 0.4) is 0 Å². The van der Waals surface area contributed by atoms with Gasteiger partial charge in [-0.1, -0.05) is 31.7 Å². The summed E-state index contributed by atoms with van der Waals surface area (Å²) in [6.45, 7) is 3.71. The van der Waals surface area contributed by atoms with Crippen LogP contribution in [0.25, 0.3) is 10.8 Å². The van der Waals surface area contributed by atoms with Gasteiger partial charge in [-0.3, -0.25) is 10.1 Å². The molecule has 2 aromatic heterocycles. The molecule has 1 atom stereocenters. The molecular weight excluding hydrogens is 312 g/mol. The largest absolute Gasteiger partial charge is 0.410 e. The van der Waals surface area contributed by atoms with Gasteiger partial charge in [-0.2, -0.15) is 0 Å². The van der Waals surface area contributed by atoms with E-state index in [9.17, 15) is 9.59 Å². The second-order valence-electron chi connectivity index (χ2n) is 4.49. The molecule has 0 aliphatic carbocycles. The number of nitrogens with one attached hydrogen (secondary N) is 1. The van der Waals surface area contributed by atoms with Crippen LogP contribution in [0.1, 0.15) is 13.8 Å². The van der Waals surface area contributed by atoms with Gasteiger partial charge in [0.1, 0.15) is 0 Å². The monoisotopic (exact) mass is 326 g/mol. The van der Waals surface area contributed by atoms with E-state index in [4.69, 9.17) is 10.2 Å². The molecule has 0 fully saturated rings. The lowest BCUT2D eigenvalue weighted by molar-refractivity contribution is -0.120. The summed E-state index contributed by atoms with van der Waals surface area (Å²) >= 11 is 2.59. The van der Waals surface area contributed by atoms with Crippen LogP contribution in [0.2, 0.25) is 0 Å². The highest BCUT2D eigenvalue weighted by molar-refractivity contribution is 8.00. The fourth-order valence-corrected chi connectivity index (χ4v) is 3.07. The highest BCUT2D eigenvalue weighted by Crippen LogP contribution is 2.31. The lowest BCUT2D eigenvalue weighted by Gasteiger charge is -2.16. The lowest BCUT2D eigenvalue weighted by atomic mass is 10.1. The van der Waals surface area contributed by atoms with Gasteiger partial charge in [0.2, 0.25) is 5.91 Å². The zero-order valence-electron chi connectivity index (χ0n) is 11.4. The van der Waals surface area contributed by atoms with Gasteiger partial charge in [0, 0.05) is 0 Å². The summed E-state index contributed by atoms with van der Waals surface area (Å²) in [6, 6.07) is 2.87. The van der Waals surface area contributed by atoms with Crippen molar-refractivity contribution in [3.63, 3.8) is 0 Å². The molecule has 0 saturated heterocycles. The van der Waals surface area contributed by atoms with Crippen LogP contribution in [0.4, 0.5) is 4.79 Å². The molecule has 0 radical (unpaired) electrons. The summed E-state index contributed by atoms with van der Waals surface area (Å²) in [5, 5.41) is 11.6. The van der Waals surface area contributed by atoms with Crippen molar-refractivity contribution < 1.29 is 14.0 Å². The summed E-state index contributed by atoms with van der Waals surface area (Å²) < 4.78 is 5.52. The molecule has 112 valence electrons. The Hall–Kier alpha value is -1.87. The summed E-state index contributed by atoms with van der Waals surface area (Å²) in [5.74, 6) is -0.102. The van der Waals surface area contributed by atoms with Gasteiger partial charge in [-0.05, 0) is 17.4 Å². The number of carbonyl (C=O) groups is 2. The van der Waals surface area contributed by atoms with Crippen LogP contribution < -0.4 is 11.1 Å². The summed E-state index contributed by atoms with van der Waals surface area (Å²) in [4.78, 5) is 23.6. The van der Waals surface area contributed by atoms with Crippen LogP contribution in [0, 0.1) is 5.92 Å². The third kappa shape index (κ3) is 4.05. The zero-order valence-corrected chi connectivity index (χ0v) is 13.0. The van der Waals surface area contributed by atoms with Crippen molar-refractivity contribution >= 4 is 35.0 Å². The molecule has 2 rings (SSSR count). The number of thioether (sulfide) groups is 1. The van der Waals surface area contributed by atoms with Crippen LogP contribution in [0.15, 0.2) is 27.2 Å². The SMILES string of the molecule is CC(C)[C@@H](Sc1nnc(-c2cccs2)o1)C(=O)NC(N)=O. The van der Waals surface area contributed by atoms with Gasteiger partial charge in [-0.15, -0.1) is 21.5 Å². The Morgan fingerprint density at radius 2 is 2.19 bits per heavy atom. The van der Waals surface area contributed by atoms with Crippen LogP contribution in [0.5, 0.6) is 0 Å². The molecule has 0 spiro atoms. The molecule has 0 unspecified atom stereocenters. The number of nitrogens with two attached hydrogens (primary N) is 1. The van der Waals surface area contributed by atoms with Crippen molar-refractivity contribution in [2.45, 2.75) is 24.3 Å². The second kappa shape index (κ2) is 6.72. The number of aromatic nitrogens is 2. The number of imide groups is 1. The van der Waals surface area contributed by atoms with Gasteiger partial charge in [-0.25, -0.2) is 4.79 Å². The summed E-state index contributed by atoms with van der Waals surface area (Å²) in [5.41, 5.74) is 4.96. The first-order valence-electron chi connectivity index (χ1n) is 6.11. The number of primary amides is 1. The van der Waals surface area contributed by atoms with Crippen LogP contribution in [-0.2, 0) is 4.79 Å². The Balaban J connectivity index is 2.10. The Bertz CT molecular complexity index is 624. The quantitative estimate of drug-likeness (QED) is 0.814. The van der Waals surface area contributed by atoms with E-state index < -0.39 is 17.2 Å². The molecule has 2 heterocycles. The van der Waals surface area contributed by atoms with E-state index in [1.807, 2.05) is 31.4 Å². The minimum absolute atomic E-state index is 0.0357. The van der Waals surface area contributed by atoms with Crippen LogP contribution >= 0.6 is 23.1 Å². The van der Waals surface area contributed by atoms with Gasteiger partial charge in [0.25, 0.3) is 11.1 Å². The predicted octanol–water partition coefficient (Wildman–Crippen LogP) is 2.11. The topological polar surface area (TPSA) is 111 Å². The number of thiophene rings is 1. The summed E-state index contributed by atoms with van der Waals surface area (Å²) in [6.07, 6.45) is 0. The smallest absolute Gasteiger partial charge is 0.318 e. The molecule has 3 N–H and O–H groups in total. The van der Waals surface area contributed by atoms with Crippen molar-refractivity contribution in [1.82, 2.24) is 15.5 Å². The first kappa shape index (κ1) is 15.5. The van der Waals surface area contributed by atoms with E-state index in [2.05, 4.69) is 15.5 Å². The number of hydrogen-bond donors (Lipinski definition) is 2. The Kier molecular flexibility index (Phi) is 4.97. The van der Waals surface area contributed by atoms with Gasteiger partial charge in [0.05, 0.1) is 10.1 Å². The number of nitrogens with zero attached hydrogens (tertiary/aromatic N) is 2. The minimum atomic E-state index is -0.879. The van der Waals surface area contributed by atoms with E-state index in [0.29, 0.717) is 5.89 Å². The van der Waals surface area contributed by atoms with E-state index in [-0.39, 0.29) is 11.1 Å². The van der Waals surface area contributed by atoms with Gasteiger partial charge >= 0.3 is 6.03 Å². The molecule has 0 aromatic carbocycles. The maximum Gasteiger partial charge on any atom is 0.318 e. The molecule has 0 saturated carbocycles. The Morgan fingerprint density at radius 3 is 2.76 bits per heavy atom. The normalized spacial score (nSPS) is 12.3. The molecule has 21 heavy (non-hydrogen) atoms. The van der Waals surface area contributed by atoms with E-state index in [0.717, 1.165) is 16.6 Å². The van der Waals surface area contributed by atoms with Crippen molar-refractivity contribution in [1.29, 1.82) is 0 Å². The Labute approximate surface area is 129 Å². The molecule has 0 aliphatic rings. The van der Waals surface area contributed by atoms with Crippen LogP contribution in [-0.4, -0.2) is 27.4 Å². The fraction of sp³-hybridized carbons (Fsp3) is 0.333. The van der Waals surface area contributed by atoms with E-state index in [1.54, 1.807) is 0 Å². The molecule has 3 amide bonds. The zero-order chi connectivity index (χ0) is 15.4. The Morgan fingerprint density at radius 1 is 1.43 bits per heavy atom. The van der Waals surface area contributed by atoms with Gasteiger partial charge in [0.15, 0.2) is 0 Å². The first-order valence-corrected chi connectivity index (χ1v) is 7.87. The van der Waals surface area contributed by atoms with Crippen molar-refractivity contribution in [2.24, 2.45) is 11.7 Å². The predicted molar refractivity (Wildman–Crippen MR) is 79.8 cm³/mol. The number of rotatable bonds is 5. The molecule has 9 heteroatoms. The maximum absolute atomic E-state index is 11.9. The van der Waals surface area contributed by atoms with Gasteiger partial charge < -0.3 is 10.2 Å². The highest BCUT2D eigenvalue weighted by Gasteiger charge is 2.27. The van der Waals surface area contributed by atoms with Crippen molar-refractivity contribution in [2.75, 3.05) is 0 Å². The third-order valence-corrected chi connectivity index (χ3v) is 4.71. The molecule has 0 bridgehead atoms. The first-order chi connectivity index (χ1) is 9.97. The fourth-order valence-electron chi connectivity index (χ4n) is 1.55. The molecule has 2 aromatic rings. The second-order valence-corrected chi connectivity index (χ2v) is 6.53. The average molecular weight is 326 g/mol. The standard InChI is InChI=1S/C12H14N4O3S2/c1-6(2)8(9(17)14-11(13)18)21-12-16-15-10(19-12)7-4-3-5-20-7/h3-6,8H,1-2H3,(H3,13,14,17,18)/t8-/m1/s1. The van der Waals surface area contributed by atoms with Crippen molar-refractivity contribution in [3.05, 3.63) is 17.5 Å². The number of hydrogen-bond acceptors (Lipinski definition) is 7. The third-order valence-electron chi connectivity index (χ3n) is 2.48. The minimum Gasteiger partial charge on any atom is -0.410 e. The molecular formula is C12H14N4O3S2. The number of urea groups is 1. The maximum atomic E-state index is 11.9.